The molecule has 100 valence electrons. The highest BCUT2D eigenvalue weighted by atomic mass is 16.7. The lowest BCUT2D eigenvalue weighted by molar-refractivity contribution is -0.00112. The lowest BCUT2D eigenvalue weighted by Gasteiger charge is -2.54. The summed E-state index contributed by atoms with van der Waals surface area (Å²) in [5, 5.41) is 0. The Labute approximate surface area is 110 Å². The summed E-state index contributed by atoms with van der Waals surface area (Å²) in [5.41, 5.74) is 8.03. The van der Waals surface area contributed by atoms with Crippen LogP contribution in [0.4, 0.5) is 0 Å². The average molecular weight is 249 g/mol. The summed E-state index contributed by atoms with van der Waals surface area (Å²) in [6.45, 7) is 9.00. The second kappa shape index (κ2) is 4.09. The van der Waals surface area contributed by atoms with Crippen LogP contribution in [0.3, 0.4) is 0 Å². The van der Waals surface area contributed by atoms with E-state index in [2.05, 4.69) is 33.8 Å². The molecule has 3 aliphatic carbocycles. The van der Waals surface area contributed by atoms with Gasteiger partial charge in [-0.05, 0) is 30.1 Å². The maximum Gasteiger partial charge on any atom is 0.475 e. The molecule has 4 atom stereocenters. The van der Waals surface area contributed by atoms with E-state index < -0.39 is 0 Å². The second-order valence-corrected chi connectivity index (χ2v) is 7.09. The zero-order valence-electron chi connectivity index (χ0n) is 11.8. The van der Waals surface area contributed by atoms with Gasteiger partial charge in [0.2, 0.25) is 0 Å². The summed E-state index contributed by atoms with van der Waals surface area (Å²) in [6, 6.07) is 0. The molecule has 1 unspecified atom stereocenters. The SMILES string of the molecule is CC(C)C[C@H](N)B1OC2[C@H]3CC(=C[C@H]2O1)C3(C)C. The van der Waals surface area contributed by atoms with Crippen LogP contribution in [0.15, 0.2) is 11.6 Å². The zero-order valence-corrected chi connectivity index (χ0v) is 11.8. The Kier molecular flexibility index (Phi) is 2.89. The normalized spacial score (nSPS) is 38.2. The summed E-state index contributed by atoms with van der Waals surface area (Å²) in [5.74, 6) is 1.19. The Bertz CT molecular complexity index is 380. The van der Waals surface area contributed by atoms with Gasteiger partial charge in [0.05, 0.1) is 12.2 Å². The van der Waals surface area contributed by atoms with Gasteiger partial charge < -0.3 is 15.0 Å². The van der Waals surface area contributed by atoms with Crippen LogP contribution in [0.1, 0.15) is 40.5 Å². The number of hydrogen-bond acceptors (Lipinski definition) is 3. The summed E-state index contributed by atoms with van der Waals surface area (Å²) < 4.78 is 12.1. The molecule has 2 N–H and O–H groups in total. The van der Waals surface area contributed by atoms with Gasteiger partial charge in [-0.25, -0.2) is 0 Å². The van der Waals surface area contributed by atoms with E-state index in [1.165, 1.54) is 12.0 Å². The van der Waals surface area contributed by atoms with E-state index in [1.807, 2.05) is 0 Å². The molecule has 0 radical (unpaired) electrons. The first-order valence-electron chi connectivity index (χ1n) is 7.17. The molecule has 0 amide bonds. The van der Waals surface area contributed by atoms with Gasteiger partial charge in [0.15, 0.2) is 0 Å². The standard InChI is InChI=1S/C14H24BNO2/c1-8(2)5-12(16)15-17-11-7-9-6-10(13(11)18-15)14(9,3)4/h7-8,10-13H,5-6,16H2,1-4H3/t10-,11-,12+,13?/m1/s1. The highest BCUT2D eigenvalue weighted by molar-refractivity contribution is 6.47. The van der Waals surface area contributed by atoms with Gasteiger partial charge in [-0.3, -0.25) is 0 Å². The van der Waals surface area contributed by atoms with Gasteiger partial charge in [0.25, 0.3) is 0 Å². The molecule has 0 aromatic rings. The minimum atomic E-state index is -0.214. The Morgan fingerprint density at radius 1 is 1.44 bits per heavy atom. The predicted octanol–water partition coefficient (Wildman–Crippen LogP) is 2.16. The Morgan fingerprint density at radius 2 is 2.17 bits per heavy atom. The third-order valence-electron chi connectivity index (χ3n) is 4.96. The average Bonchev–Trinajstić information content (AvgIpc) is 2.70. The van der Waals surface area contributed by atoms with E-state index in [9.17, 15) is 0 Å². The molecule has 1 saturated carbocycles. The summed E-state index contributed by atoms with van der Waals surface area (Å²) in [7, 11) is -0.214. The molecule has 18 heavy (non-hydrogen) atoms. The van der Waals surface area contributed by atoms with Gasteiger partial charge in [0.1, 0.15) is 0 Å². The van der Waals surface area contributed by atoms with Crippen LogP contribution < -0.4 is 5.73 Å². The number of rotatable bonds is 3. The van der Waals surface area contributed by atoms with Gasteiger partial charge in [-0.2, -0.15) is 0 Å². The van der Waals surface area contributed by atoms with Crippen LogP contribution in [-0.4, -0.2) is 25.3 Å². The van der Waals surface area contributed by atoms with Crippen molar-refractivity contribution in [1.82, 2.24) is 0 Å². The fourth-order valence-electron chi connectivity index (χ4n) is 3.68. The highest BCUT2D eigenvalue weighted by Crippen LogP contribution is 2.58. The third-order valence-corrected chi connectivity index (χ3v) is 4.96. The fraction of sp³-hybridized carbons (Fsp3) is 0.857. The largest absolute Gasteiger partial charge is 0.475 e. The first kappa shape index (κ1) is 12.7. The van der Waals surface area contributed by atoms with Gasteiger partial charge in [0, 0.05) is 5.94 Å². The van der Waals surface area contributed by atoms with Crippen molar-refractivity contribution in [2.45, 2.75) is 58.7 Å². The topological polar surface area (TPSA) is 44.5 Å². The second-order valence-electron chi connectivity index (χ2n) is 7.09. The molecular formula is C14H24BNO2. The smallest absolute Gasteiger partial charge is 0.404 e. The number of nitrogens with two attached hydrogens (primary N) is 1. The first-order chi connectivity index (χ1) is 8.39. The molecular weight excluding hydrogens is 225 g/mol. The van der Waals surface area contributed by atoms with E-state index in [1.54, 1.807) is 0 Å². The molecule has 4 rings (SSSR count). The van der Waals surface area contributed by atoms with Crippen LogP contribution in [0.2, 0.25) is 0 Å². The van der Waals surface area contributed by atoms with E-state index in [-0.39, 0.29) is 25.3 Å². The van der Waals surface area contributed by atoms with E-state index in [4.69, 9.17) is 15.0 Å². The van der Waals surface area contributed by atoms with Gasteiger partial charge in [-0.1, -0.05) is 39.3 Å². The van der Waals surface area contributed by atoms with Crippen molar-refractivity contribution in [1.29, 1.82) is 0 Å². The Balaban J connectivity index is 1.69. The maximum absolute atomic E-state index is 6.19. The van der Waals surface area contributed by atoms with Crippen molar-refractivity contribution < 1.29 is 9.31 Å². The van der Waals surface area contributed by atoms with E-state index in [0.717, 1.165) is 6.42 Å². The molecule has 0 aromatic carbocycles. The van der Waals surface area contributed by atoms with Crippen LogP contribution in [0, 0.1) is 17.3 Å². The Morgan fingerprint density at radius 3 is 2.78 bits per heavy atom. The van der Waals surface area contributed by atoms with E-state index in [0.29, 0.717) is 17.3 Å². The molecule has 2 bridgehead atoms. The molecule has 3 nitrogen and oxygen atoms in total. The zero-order chi connectivity index (χ0) is 13.1. The van der Waals surface area contributed by atoms with Crippen molar-refractivity contribution in [3.8, 4) is 0 Å². The predicted molar refractivity (Wildman–Crippen MR) is 72.9 cm³/mol. The van der Waals surface area contributed by atoms with Crippen LogP contribution >= 0.6 is 0 Å². The molecule has 1 aliphatic heterocycles. The van der Waals surface area contributed by atoms with Crippen LogP contribution in [0.5, 0.6) is 0 Å². The van der Waals surface area contributed by atoms with Crippen LogP contribution in [0.25, 0.3) is 0 Å². The molecule has 0 aromatic heterocycles. The molecule has 0 spiro atoms. The molecule has 1 saturated heterocycles. The molecule has 4 aliphatic rings. The van der Waals surface area contributed by atoms with Gasteiger partial charge >= 0.3 is 7.12 Å². The summed E-state index contributed by atoms with van der Waals surface area (Å²) >= 11 is 0. The van der Waals surface area contributed by atoms with Crippen molar-refractivity contribution in [2.75, 3.05) is 0 Å². The summed E-state index contributed by atoms with van der Waals surface area (Å²) in [4.78, 5) is 0. The lowest BCUT2D eigenvalue weighted by atomic mass is 9.53. The summed E-state index contributed by atoms with van der Waals surface area (Å²) in [6.07, 6.45) is 4.79. The lowest BCUT2D eigenvalue weighted by Crippen LogP contribution is -2.52. The van der Waals surface area contributed by atoms with Crippen molar-refractivity contribution in [2.24, 2.45) is 23.0 Å². The van der Waals surface area contributed by atoms with E-state index >= 15 is 0 Å². The number of allylic oxidation sites excluding steroid dienone is 1. The molecule has 1 heterocycles. The first-order valence-corrected chi connectivity index (χ1v) is 7.17. The van der Waals surface area contributed by atoms with Gasteiger partial charge in [-0.15, -0.1) is 0 Å². The monoisotopic (exact) mass is 249 g/mol. The van der Waals surface area contributed by atoms with Crippen LogP contribution in [-0.2, 0) is 9.31 Å². The Hall–Kier alpha value is -0.315. The minimum absolute atomic E-state index is 0.00527. The number of hydrogen-bond donors (Lipinski definition) is 1. The van der Waals surface area contributed by atoms with Crippen molar-refractivity contribution >= 4 is 7.12 Å². The molecule has 2 fully saturated rings. The molecule has 4 heteroatoms. The minimum Gasteiger partial charge on any atom is -0.404 e. The highest BCUT2D eigenvalue weighted by Gasteiger charge is 2.58. The van der Waals surface area contributed by atoms with Crippen molar-refractivity contribution in [3.05, 3.63) is 11.6 Å². The fourth-order valence-corrected chi connectivity index (χ4v) is 3.68. The van der Waals surface area contributed by atoms with Crippen molar-refractivity contribution in [3.63, 3.8) is 0 Å². The quantitative estimate of drug-likeness (QED) is 0.615. The third kappa shape index (κ3) is 1.77. The maximum atomic E-state index is 6.19.